The van der Waals surface area contributed by atoms with Gasteiger partial charge in [0.15, 0.2) is 0 Å². The van der Waals surface area contributed by atoms with Gasteiger partial charge in [0.25, 0.3) is 0 Å². The summed E-state index contributed by atoms with van der Waals surface area (Å²) in [5, 5.41) is 0. The monoisotopic (exact) mass is 133 g/mol. The van der Waals surface area contributed by atoms with Crippen molar-refractivity contribution >= 4 is 8.58 Å². The first-order valence-corrected chi connectivity index (χ1v) is 4.74. The van der Waals surface area contributed by atoms with Crippen LogP contribution in [0.4, 0.5) is 0 Å². The summed E-state index contributed by atoms with van der Waals surface area (Å²) in [4.78, 5) is 0. The summed E-state index contributed by atoms with van der Waals surface area (Å²) in [5.41, 5.74) is 5.32. The summed E-state index contributed by atoms with van der Waals surface area (Å²) < 4.78 is 0. The molecule has 1 unspecified atom stereocenters. The Bertz CT molecular complexity index is 33.5. The molecule has 0 bridgehead atoms. The van der Waals surface area contributed by atoms with Crippen LogP contribution in [-0.4, -0.2) is 12.4 Å². The molecule has 1 nitrogen and oxygen atoms in total. The fourth-order valence-corrected chi connectivity index (χ4v) is 1.31. The average Bonchev–Trinajstić information content (AvgIpc) is 1.81. The third-order valence-corrected chi connectivity index (χ3v) is 2.10. The summed E-state index contributed by atoms with van der Waals surface area (Å²) in [6.07, 6.45) is 6.34. The molecule has 2 N–H and O–H groups in total. The molecule has 0 saturated carbocycles. The van der Waals surface area contributed by atoms with Gasteiger partial charge in [-0.2, -0.15) is 0 Å². The lowest BCUT2D eigenvalue weighted by atomic mass is 10.3. The van der Waals surface area contributed by atoms with Gasteiger partial charge in [-0.3, -0.25) is 0 Å². The molecule has 0 aliphatic heterocycles. The normalized spacial score (nSPS) is 11.2. The number of nitrogens with two attached hydrogens (primary N) is 1. The van der Waals surface area contributed by atoms with Gasteiger partial charge in [0.05, 0.1) is 0 Å². The van der Waals surface area contributed by atoms with Gasteiger partial charge in [-0.1, -0.05) is 19.8 Å². The third kappa shape index (κ3) is 6.39. The summed E-state index contributed by atoms with van der Waals surface area (Å²) >= 11 is 0. The standard InChI is InChI=1S/C6H16NP/c1-2-3-4-5-8-6-7/h8H,2-7H2,1H3. The molecule has 0 radical (unpaired) electrons. The Morgan fingerprint density at radius 3 is 2.62 bits per heavy atom. The highest BCUT2D eigenvalue weighted by molar-refractivity contribution is 7.37. The van der Waals surface area contributed by atoms with Gasteiger partial charge >= 0.3 is 0 Å². The van der Waals surface area contributed by atoms with Crippen LogP contribution in [0.25, 0.3) is 0 Å². The molecular formula is C6H16NP. The van der Waals surface area contributed by atoms with E-state index in [9.17, 15) is 0 Å². The Kier molecular flexibility index (Phi) is 7.75. The number of hydrogen-bond acceptors (Lipinski definition) is 1. The maximum Gasteiger partial charge on any atom is 0.00988 e. The zero-order valence-electron chi connectivity index (χ0n) is 5.61. The summed E-state index contributed by atoms with van der Waals surface area (Å²) in [5.74, 6) is 0. The molecule has 1 atom stereocenters. The first kappa shape index (κ1) is 8.39. The van der Waals surface area contributed by atoms with Crippen molar-refractivity contribution in [2.45, 2.75) is 26.2 Å². The first-order chi connectivity index (χ1) is 3.91. The quantitative estimate of drug-likeness (QED) is 0.449. The molecule has 0 aromatic carbocycles. The Morgan fingerprint density at radius 2 is 2.12 bits per heavy atom. The van der Waals surface area contributed by atoms with Crippen LogP contribution in [0.5, 0.6) is 0 Å². The minimum atomic E-state index is 0.893. The van der Waals surface area contributed by atoms with Gasteiger partial charge in [-0.15, -0.1) is 8.58 Å². The van der Waals surface area contributed by atoms with Crippen molar-refractivity contribution in [2.75, 3.05) is 12.4 Å². The molecule has 0 aliphatic carbocycles. The summed E-state index contributed by atoms with van der Waals surface area (Å²) in [6, 6.07) is 0. The van der Waals surface area contributed by atoms with E-state index in [4.69, 9.17) is 5.73 Å². The second-order valence-electron chi connectivity index (χ2n) is 1.91. The molecule has 0 aromatic heterocycles. The second-order valence-corrected chi connectivity index (χ2v) is 3.32. The smallest absolute Gasteiger partial charge is 0.00988 e. The van der Waals surface area contributed by atoms with Crippen molar-refractivity contribution < 1.29 is 0 Å². The summed E-state index contributed by atoms with van der Waals surface area (Å²) in [6.45, 7) is 2.23. The van der Waals surface area contributed by atoms with E-state index in [1.807, 2.05) is 0 Å². The summed E-state index contributed by atoms with van der Waals surface area (Å²) in [7, 11) is 1.00. The van der Waals surface area contributed by atoms with Gasteiger partial charge in [0.2, 0.25) is 0 Å². The molecule has 0 amide bonds. The van der Waals surface area contributed by atoms with Crippen molar-refractivity contribution in [1.29, 1.82) is 0 Å². The van der Waals surface area contributed by atoms with E-state index >= 15 is 0 Å². The van der Waals surface area contributed by atoms with Crippen molar-refractivity contribution in [1.82, 2.24) is 0 Å². The Balaban J connectivity index is 2.53. The van der Waals surface area contributed by atoms with Crippen molar-refractivity contribution in [3.8, 4) is 0 Å². The Hall–Kier alpha value is 0.390. The fraction of sp³-hybridized carbons (Fsp3) is 1.00. The van der Waals surface area contributed by atoms with Crippen LogP contribution in [0.2, 0.25) is 0 Å². The van der Waals surface area contributed by atoms with Crippen LogP contribution >= 0.6 is 8.58 Å². The highest BCUT2D eigenvalue weighted by Gasteiger charge is 1.83. The average molecular weight is 133 g/mol. The maximum absolute atomic E-state index is 5.32. The van der Waals surface area contributed by atoms with Crippen LogP contribution < -0.4 is 5.73 Å². The first-order valence-electron chi connectivity index (χ1n) is 3.32. The van der Waals surface area contributed by atoms with Crippen LogP contribution in [0.15, 0.2) is 0 Å². The van der Waals surface area contributed by atoms with E-state index < -0.39 is 0 Å². The van der Waals surface area contributed by atoms with Crippen molar-refractivity contribution in [3.05, 3.63) is 0 Å². The fourth-order valence-electron chi connectivity index (χ4n) is 0.602. The SMILES string of the molecule is CCCCCPCN. The van der Waals surface area contributed by atoms with Crippen molar-refractivity contribution in [3.63, 3.8) is 0 Å². The maximum atomic E-state index is 5.32. The third-order valence-electron chi connectivity index (χ3n) is 1.10. The van der Waals surface area contributed by atoms with E-state index in [2.05, 4.69) is 6.92 Å². The topological polar surface area (TPSA) is 26.0 Å². The highest BCUT2D eigenvalue weighted by Crippen LogP contribution is 2.09. The second kappa shape index (κ2) is 7.39. The molecule has 0 fully saturated rings. The molecule has 0 spiro atoms. The van der Waals surface area contributed by atoms with Gasteiger partial charge < -0.3 is 5.73 Å². The lowest BCUT2D eigenvalue weighted by Crippen LogP contribution is -1.91. The van der Waals surface area contributed by atoms with Crippen molar-refractivity contribution in [2.24, 2.45) is 5.73 Å². The zero-order valence-corrected chi connectivity index (χ0v) is 6.61. The Labute approximate surface area is 53.8 Å². The highest BCUT2D eigenvalue weighted by atomic mass is 31.1. The largest absolute Gasteiger partial charge is 0.327 e. The van der Waals surface area contributed by atoms with E-state index in [0.717, 1.165) is 14.9 Å². The van der Waals surface area contributed by atoms with Crippen LogP contribution in [0.1, 0.15) is 26.2 Å². The molecule has 8 heavy (non-hydrogen) atoms. The molecule has 0 aliphatic rings. The molecule has 2 heteroatoms. The molecule has 0 rings (SSSR count). The molecular weight excluding hydrogens is 117 g/mol. The van der Waals surface area contributed by atoms with Crippen LogP contribution in [-0.2, 0) is 0 Å². The molecule has 50 valence electrons. The van der Waals surface area contributed by atoms with Gasteiger partial charge in [0, 0.05) is 6.29 Å². The van der Waals surface area contributed by atoms with Gasteiger partial charge in [-0.05, 0) is 12.6 Å². The van der Waals surface area contributed by atoms with E-state index in [0.29, 0.717) is 0 Å². The molecule has 0 saturated heterocycles. The van der Waals surface area contributed by atoms with Gasteiger partial charge in [0.1, 0.15) is 0 Å². The minimum Gasteiger partial charge on any atom is -0.327 e. The number of rotatable bonds is 5. The van der Waals surface area contributed by atoms with Crippen LogP contribution in [0, 0.1) is 0 Å². The van der Waals surface area contributed by atoms with E-state index in [1.165, 1.54) is 25.4 Å². The molecule has 0 aromatic rings. The number of hydrogen-bond donors (Lipinski definition) is 1. The zero-order chi connectivity index (χ0) is 6.24. The van der Waals surface area contributed by atoms with E-state index in [-0.39, 0.29) is 0 Å². The predicted octanol–water partition coefficient (Wildman–Crippen LogP) is 1.77. The predicted molar refractivity (Wildman–Crippen MR) is 41.8 cm³/mol. The minimum absolute atomic E-state index is 0.893. The van der Waals surface area contributed by atoms with Gasteiger partial charge in [-0.25, -0.2) is 0 Å². The lowest BCUT2D eigenvalue weighted by Gasteiger charge is -1.94. The number of unbranched alkanes of at least 4 members (excludes halogenated alkanes) is 2. The van der Waals surface area contributed by atoms with Crippen LogP contribution in [0.3, 0.4) is 0 Å². The lowest BCUT2D eigenvalue weighted by molar-refractivity contribution is 0.777. The Morgan fingerprint density at radius 1 is 1.38 bits per heavy atom. The van der Waals surface area contributed by atoms with E-state index in [1.54, 1.807) is 0 Å². The molecule has 0 heterocycles.